The van der Waals surface area contributed by atoms with E-state index in [2.05, 4.69) is 5.32 Å². The SMILES string of the molecule is Cc1ccc(NC2=C(Cl)C(=O)c3ccccc3C2=O)cc1N. The highest BCUT2D eigenvalue weighted by molar-refractivity contribution is 6.50. The van der Waals surface area contributed by atoms with Crippen molar-refractivity contribution in [3.8, 4) is 0 Å². The molecular weight excluding hydrogens is 300 g/mol. The monoisotopic (exact) mass is 312 g/mol. The summed E-state index contributed by atoms with van der Waals surface area (Å²) in [6.45, 7) is 1.89. The third-order valence-electron chi connectivity index (χ3n) is 3.61. The minimum Gasteiger partial charge on any atom is -0.398 e. The van der Waals surface area contributed by atoms with Crippen LogP contribution in [-0.4, -0.2) is 11.6 Å². The molecule has 0 heterocycles. The first-order chi connectivity index (χ1) is 10.5. The molecule has 0 radical (unpaired) electrons. The Morgan fingerprint density at radius 2 is 1.64 bits per heavy atom. The molecule has 4 nitrogen and oxygen atoms in total. The van der Waals surface area contributed by atoms with Crippen molar-refractivity contribution in [1.29, 1.82) is 0 Å². The Balaban J connectivity index is 2.03. The van der Waals surface area contributed by atoms with E-state index < -0.39 is 0 Å². The maximum atomic E-state index is 12.5. The highest BCUT2D eigenvalue weighted by Crippen LogP contribution is 2.30. The number of nitrogen functional groups attached to an aromatic ring is 1. The number of Topliss-reactive ketones (excluding diaryl/α,β-unsaturated/α-hetero) is 2. The van der Waals surface area contributed by atoms with Crippen LogP contribution in [-0.2, 0) is 0 Å². The average Bonchev–Trinajstić information content (AvgIpc) is 2.53. The van der Waals surface area contributed by atoms with E-state index in [1.165, 1.54) is 0 Å². The number of hydrogen-bond donors (Lipinski definition) is 2. The molecular formula is C17H13ClN2O2. The number of allylic oxidation sites excluding steroid dienone is 2. The van der Waals surface area contributed by atoms with E-state index in [1.807, 2.05) is 13.0 Å². The maximum Gasteiger partial charge on any atom is 0.211 e. The lowest BCUT2D eigenvalue weighted by Gasteiger charge is -2.19. The molecule has 0 aliphatic heterocycles. The number of fused-ring (bicyclic) bond motifs is 1. The molecule has 0 saturated heterocycles. The Morgan fingerprint density at radius 1 is 1.00 bits per heavy atom. The fourth-order valence-corrected chi connectivity index (χ4v) is 2.55. The van der Waals surface area contributed by atoms with Gasteiger partial charge in [0, 0.05) is 22.5 Å². The predicted molar refractivity (Wildman–Crippen MR) is 87.2 cm³/mol. The third-order valence-corrected chi connectivity index (χ3v) is 3.97. The normalized spacial score (nSPS) is 14.1. The summed E-state index contributed by atoms with van der Waals surface area (Å²) in [5.41, 5.74) is 8.74. The van der Waals surface area contributed by atoms with Crippen LogP contribution in [0.15, 0.2) is 53.2 Å². The fraction of sp³-hybridized carbons (Fsp3) is 0.0588. The van der Waals surface area contributed by atoms with Gasteiger partial charge in [0.05, 0.1) is 0 Å². The summed E-state index contributed by atoms with van der Waals surface area (Å²) in [7, 11) is 0. The molecule has 22 heavy (non-hydrogen) atoms. The van der Waals surface area contributed by atoms with Crippen LogP contribution in [0.25, 0.3) is 0 Å². The molecule has 3 rings (SSSR count). The predicted octanol–water partition coefficient (Wildman–Crippen LogP) is 3.52. The van der Waals surface area contributed by atoms with Crippen molar-refractivity contribution in [1.82, 2.24) is 0 Å². The van der Waals surface area contributed by atoms with Gasteiger partial charge in [-0.05, 0) is 24.6 Å². The quantitative estimate of drug-likeness (QED) is 0.832. The molecule has 0 amide bonds. The van der Waals surface area contributed by atoms with Gasteiger partial charge in [0.1, 0.15) is 10.7 Å². The Morgan fingerprint density at radius 3 is 2.27 bits per heavy atom. The van der Waals surface area contributed by atoms with Gasteiger partial charge in [-0.3, -0.25) is 9.59 Å². The van der Waals surface area contributed by atoms with Crippen molar-refractivity contribution < 1.29 is 9.59 Å². The zero-order valence-electron chi connectivity index (χ0n) is 11.8. The molecule has 0 unspecified atom stereocenters. The van der Waals surface area contributed by atoms with Gasteiger partial charge in [-0.1, -0.05) is 41.9 Å². The number of anilines is 2. The van der Waals surface area contributed by atoms with E-state index in [9.17, 15) is 9.59 Å². The van der Waals surface area contributed by atoms with Gasteiger partial charge in [-0.25, -0.2) is 0 Å². The first kappa shape index (κ1) is 14.4. The minimum absolute atomic E-state index is 0.0774. The molecule has 2 aromatic carbocycles. The minimum atomic E-state index is -0.362. The molecule has 3 N–H and O–H groups in total. The number of rotatable bonds is 2. The summed E-state index contributed by atoms with van der Waals surface area (Å²) in [4.78, 5) is 24.8. The number of nitrogens with two attached hydrogens (primary N) is 1. The molecule has 0 fully saturated rings. The van der Waals surface area contributed by atoms with E-state index >= 15 is 0 Å². The van der Waals surface area contributed by atoms with Crippen LogP contribution < -0.4 is 11.1 Å². The Hall–Kier alpha value is -2.59. The third kappa shape index (κ3) is 2.27. The zero-order chi connectivity index (χ0) is 15.9. The van der Waals surface area contributed by atoms with Crippen molar-refractivity contribution in [2.45, 2.75) is 6.92 Å². The average molecular weight is 313 g/mol. The first-order valence-corrected chi connectivity index (χ1v) is 7.08. The van der Waals surface area contributed by atoms with E-state index in [1.54, 1.807) is 36.4 Å². The molecule has 1 aliphatic carbocycles. The molecule has 2 aromatic rings. The summed E-state index contributed by atoms with van der Waals surface area (Å²) in [6.07, 6.45) is 0. The van der Waals surface area contributed by atoms with Crippen molar-refractivity contribution in [3.63, 3.8) is 0 Å². The summed E-state index contributed by atoms with van der Waals surface area (Å²) < 4.78 is 0. The molecule has 0 aromatic heterocycles. The van der Waals surface area contributed by atoms with Gasteiger partial charge in [-0.15, -0.1) is 0 Å². The van der Waals surface area contributed by atoms with Crippen LogP contribution >= 0.6 is 11.6 Å². The van der Waals surface area contributed by atoms with Crippen LogP contribution in [0.2, 0.25) is 0 Å². The van der Waals surface area contributed by atoms with Crippen LogP contribution in [0.4, 0.5) is 11.4 Å². The molecule has 110 valence electrons. The van der Waals surface area contributed by atoms with Crippen LogP contribution in [0.1, 0.15) is 26.3 Å². The second kappa shape index (κ2) is 5.31. The summed E-state index contributed by atoms with van der Waals surface area (Å²) in [5, 5.41) is 2.81. The Bertz CT molecular complexity index is 840. The maximum absolute atomic E-state index is 12.5. The molecule has 0 saturated carbocycles. The summed E-state index contributed by atoms with van der Waals surface area (Å²) in [6, 6.07) is 11.9. The number of benzene rings is 2. The van der Waals surface area contributed by atoms with Gasteiger partial charge in [-0.2, -0.15) is 0 Å². The van der Waals surface area contributed by atoms with Crippen LogP contribution in [0.5, 0.6) is 0 Å². The van der Waals surface area contributed by atoms with Gasteiger partial charge >= 0.3 is 0 Å². The van der Waals surface area contributed by atoms with Crippen molar-refractivity contribution in [2.75, 3.05) is 11.1 Å². The van der Waals surface area contributed by atoms with Gasteiger partial charge < -0.3 is 11.1 Å². The molecule has 0 spiro atoms. The highest BCUT2D eigenvalue weighted by atomic mass is 35.5. The first-order valence-electron chi connectivity index (χ1n) is 6.70. The highest BCUT2D eigenvalue weighted by Gasteiger charge is 2.31. The van der Waals surface area contributed by atoms with E-state index in [0.717, 1.165) is 5.56 Å². The second-order valence-electron chi connectivity index (χ2n) is 5.09. The lowest BCUT2D eigenvalue weighted by atomic mass is 9.92. The molecule has 1 aliphatic rings. The van der Waals surface area contributed by atoms with E-state index in [0.29, 0.717) is 22.5 Å². The van der Waals surface area contributed by atoms with Crippen molar-refractivity contribution in [2.24, 2.45) is 0 Å². The van der Waals surface area contributed by atoms with Crippen LogP contribution in [0, 0.1) is 6.92 Å². The van der Waals surface area contributed by atoms with Gasteiger partial charge in [0.2, 0.25) is 11.6 Å². The van der Waals surface area contributed by atoms with Crippen LogP contribution in [0.3, 0.4) is 0 Å². The zero-order valence-corrected chi connectivity index (χ0v) is 12.6. The number of nitrogens with one attached hydrogen (secondary N) is 1. The summed E-state index contributed by atoms with van der Waals surface area (Å²) in [5.74, 6) is -0.668. The number of carbonyl (C=O) groups is 2. The number of hydrogen-bond acceptors (Lipinski definition) is 4. The lowest BCUT2D eigenvalue weighted by molar-refractivity contribution is 0.0982. The lowest BCUT2D eigenvalue weighted by Crippen LogP contribution is -2.24. The fourth-order valence-electron chi connectivity index (χ4n) is 2.32. The largest absolute Gasteiger partial charge is 0.398 e. The number of ketones is 2. The topological polar surface area (TPSA) is 72.2 Å². The number of aryl methyl sites for hydroxylation is 1. The van der Waals surface area contributed by atoms with Crippen molar-refractivity contribution >= 4 is 34.5 Å². The standard InChI is InChI=1S/C17H13ClN2O2/c1-9-6-7-10(8-13(9)19)20-15-14(18)16(21)11-4-2-3-5-12(11)17(15)22/h2-8,20H,19H2,1H3. The Labute approximate surface area is 132 Å². The van der Waals surface area contributed by atoms with Gasteiger partial charge in [0.25, 0.3) is 0 Å². The smallest absolute Gasteiger partial charge is 0.211 e. The number of carbonyl (C=O) groups excluding carboxylic acids is 2. The molecule has 5 heteroatoms. The van der Waals surface area contributed by atoms with E-state index in [-0.39, 0.29) is 22.3 Å². The number of halogens is 1. The Kier molecular flexibility index (Phi) is 3.47. The second-order valence-corrected chi connectivity index (χ2v) is 5.47. The molecule has 0 bridgehead atoms. The molecule has 0 atom stereocenters. The van der Waals surface area contributed by atoms with Crippen molar-refractivity contribution in [3.05, 3.63) is 69.9 Å². The van der Waals surface area contributed by atoms with E-state index in [4.69, 9.17) is 17.3 Å². The summed E-state index contributed by atoms with van der Waals surface area (Å²) >= 11 is 6.09. The van der Waals surface area contributed by atoms with Gasteiger partial charge in [0.15, 0.2) is 0 Å².